The zero-order chi connectivity index (χ0) is 8.32. The predicted molar refractivity (Wildman–Crippen MR) is 43.0 cm³/mol. The molecule has 0 N–H and O–H groups in total. The van der Waals surface area contributed by atoms with Crippen LogP contribution in [0.3, 0.4) is 0 Å². The van der Waals surface area contributed by atoms with E-state index in [1.54, 1.807) is 30.3 Å². The maximum Gasteiger partial charge on any atom is 0.340 e. The van der Waals surface area contributed by atoms with Gasteiger partial charge in [-0.15, -0.1) is 0 Å². The first kappa shape index (κ1) is 8.36. The molecule has 0 spiro atoms. The molecule has 5 heteroatoms. The molecule has 3 nitrogen and oxygen atoms in total. The van der Waals surface area contributed by atoms with Gasteiger partial charge in [-0.25, -0.2) is 0 Å². The molecule has 0 saturated carbocycles. The quantitative estimate of drug-likeness (QED) is 0.662. The van der Waals surface area contributed by atoms with Crippen molar-refractivity contribution in [3.05, 3.63) is 30.3 Å². The summed E-state index contributed by atoms with van der Waals surface area (Å²) in [5.41, 5.74) is 0.336. The molecule has 0 aliphatic carbocycles. The maximum atomic E-state index is 10.4. The van der Waals surface area contributed by atoms with Gasteiger partial charge in [0.2, 0.25) is 0 Å². The second-order valence-electron chi connectivity index (χ2n) is 1.84. The Kier molecular flexibility index (Phi) is 2.36. The van der Waals surface area contributed by atoms with Gasteiger partial charge in [-0.3, -0.25) is 0 Å². The zero-order valence-electron chi connectivity index (χ0n) is 5.44. The van der Waals surface area contributed by atoms with Crippen molar-refractivity contribution >= 4 is 25.6 Å². The average molecular weight is 191 g/mol. The predicted octanol–water partition coefficient (Wildman–Crippen LogP) is 1.41. The monoisotopic (exact) mass is 190 g/mol. The molecule has 1 rings (SSSR count). The van der Waals surface area contributed by atoms with Crippen LogP contribution in [0.2, 0.25) is 0 Å². The molecule has 1 aromatic rings. The molecule has 0 atom stereocenters. The third kappa shape index (κ3) is 3.25. The van der Waals surface area contributed by atoms with Crippen molar-refractivity contribution in [3.8, 4) is 0 Å². The highest BCUT2D eigenvalue weighted by molar-refractivity contribution is 8.12. The zero-order valence-corrected chi connectivity index (χ0v) is 7.01. The molecule has 0 aliphatic heterocycles. The van der Waals surface area contributed by atoms with Crippen LogP contribution in [-0.2, 0) is 9.24 Å². The Balaban J connectivity index is 2.82. The molecule has 0 unspecified atom stereocenters. The second kappa shape index (κ2) is 3.11. The molecular formula is C6H5ClNO2S. The minimum absolute atomic E-state index is 0.336. The first-order chi connectivity index (χ1) is 5.08. The van der Waals surface area contributed by atoms with Crippen molar-refractivity contribution < 1.29 is 8.42 Å². The van der Waals surface area contributed by atoms with Crippen LogP contribution in [0.5, 0.6) is 0 Å². The van der Waals surface area contributed by atoms with Gasteiger partial charge < -0.3 is 0 Å². The maximum absolute atomic E-state index is 10.4. The third-order valence-corrected chi connectivity index (χ3v) is 1.61. The summed E-state index contributed by atoms with van der Waals surface area (Å²) in [6.45, 7) is 0. The molecular weight excluding hydrogens is 186 g/mol. The Morgan fingerprint density at radius 3 is 2.18 bits per heavy atom. The van der Waals surface area contributed by atoms with Gasteiger partial charge >= 0.3 is 9.24 Å². The topological polar surface area (TPSA) is 48.2 Å². The lowest BCUT2D eigenvalue weighted by Gasteiger charge is -1.94. The van der Waals surface area contributed by atoms with Gasteiger partial charge in [0, 0.05) is 10.7 Å². The Hall–Kier alpha value is -0.740. The van der Waals surface area contributed by atoms with E-state index in [2.05, 4.69) is 4.72 Å². The van der Waals surface area contributed by atoms with Crippen LogP contribution in [0.15, 0.2) is 30.3 Å². The van der Waals surface area contributed by atoms with E-state index >= 15 is 0 Å². The van der Waals surface area contributed by atoms with E-state index in [4.69, 9.17) is 10.7 Å². The van der Waals surface area contributed by atoms with Gasteiger partial charge in [0.1, 0.15) is 0 Å². The summed E-state index contributed by atoms with van der Waals surface area (Å²) in [7, 11) is 1.09. The first-order valence-electron chi connectivity index (χ1n) is 2.80. The van der Waals surface area contributed by atoms with Crippen molar-refractivity contribution in [1.29, 1.82) is 0 Å². The van der Waals surface area contributed by atoms with E-state index in [0.29, 0.717) is 5.69 Å². The highest BCUT2D eigenvalue weighted by Gasteiger charge is 2.05. The van der Waals surface area contributed by atoms with Gasteiger partial charge in [-0.05, 0) is 12.1 Å². The van der Waals surface area contributed by atoms with Crippen LogP contribution in [0.4, 0.5) is 5.69 Å². The van der Waals surface area contributed by atoms with E-state index in [1.807, 2.05) is 0 Å². The van der Waals surface area contributed by atoms with Crippen LogP contribution in [0.1, 0.15) is 0 Å². The fraction of sp³-hybridized carbons (Fsp3) is 0. The standard InChI is InChI=1S/C6H5ClNO2S/c7-11(9,10)8-6-4-2-1-3-5-6/h1-5H. The summed E-state index contributed by atoms with van der Waals surface area (Å²) in [5, 5.41) is 0. The van der Waals surface area contributed by atoms with Crippen molar-refractivity contribution in [2.45, 2.75) is 0 Å². The normalized spacial score (nSPS) is 11.0. The Labute approximate surface area is 69.5 Å². The Morgan fingerprint density at radius 1 is 1.18 bits per heavy atom. The van der Waals surface area contributed by atoms with Crippen molar-refractivity contribution in [2.24, 2.45) is 0 Å². The third-order valence-electron chi connectivity index (χ3n) is 0.971. The van der Waals surface area contributed by atoms with E-state index in [0.717, 1.165) is 0 Å². The van der Waals surface area contributed by atoms with Crippen LogP contribution in [0.25, 0.3) is 0 Å². The summed E-state index contributed by atoms with van der Waals surface area (Å²) in [5.74, 6) is 0. The summed E-state index contributed by atoms with van der Waals surface area (Å²) in [6.07, 6.45) is 0. The van der Waals surface area contributed by atoms with E-state index in [9.17, 15) is 8.42 Å². The van der Waals surface area contributed by atoms with Crippen molar-refractivity contribution in [3.63, 3.8) is 0 Å². The molecule has 59 valence electrons. The Morgan fingerprint density at radius 2 is 1.73 bits per heavy atom. The number of nitrogens with zero attached hydrogens (tertiary/aromatic N) is 1. The number of hydrogen-bond donors (Lipinski definition) is 0. The highest BCUT2D eigenvalue weighted by atomic mass is 35.7. The lowest BCUT2D eigenvalue weighted by atomic mass is 10.3. The van der Waals surface area contributed by atoms with Crippen LogP contribution in [-0.4, -0.2) is 8.42 Å². The molecule has 0 bridgehead atoms. The molecule has 0 aliphatic rings. The largest absolute Gasteiger partial charge is 0.340 e. The van der Waals surface area contributed by atoms with Crippen LogP contribution >= 0.6 is 10.7 Å². The summed E-state index contributed by atoms with van der Waals surface area (Å²) >= 11 is 0. The minimum Gasteiger partial charge on any atom is -0.187 e. The molecule has 0 saturated heterocycles. The lowest BCUT2D eigenvalue weighted by Crippen LogP contribution is -2.01. The molecule has 11 heavy (non-hydrogen) atoms. The van der Waals surface area contributed by atoms with Crippen LogP contribution < -0.4 is 4.72 Å². The van der Waals surface area contributed by atoms with Gasteiger partial charge in [-0.2, -0.15) is 13.1 Å². The molecule has 0 amide bonds. The minimum atomic E-state index is -3.78. The molecule has 0 heterocycles. The van der Waals surface area contributed by atoms with Gasteiger partial charge in [-0.1, -0.05) is 18.2 Å². The number of benzene rings is 1. The number of hydrogen-bond acceptors (Lipinski definition) is 2. The van der Waals surface area contributed by atoms with Crippen molar-refractivity contribution in [1.82, 2.24) is 4.72 Å². The Bertz CT molecular complexity index is 322. The van der Waals surface area contributed by atoms with Gasteiger partial charge in [0.25, 0.3) is 0 Å². The average Bonchev–Trinajstić information content (AvgIpc) is 1.85. The highest BCUT2D eigenvalue weighted by Crippen LogP contribution is 2.09. The summed E-state index contributed by atoms with van der Waals surface area (Å²) in [6, 6.07) is 8.24. The number of halogens is 1. The molecule has 1 aromatic carbocycles. The molecule has 0 fully saturated rings. The van der Waals surface area contributed by atoms with Crippen LogP contribution in [0, 0.1) is 0 Å². The van der Waals surface area contributed by atoms with Crippen molar-refractivity contribution in [2.75, 3.05) is 0 Å². The summed E-state index contributed by atoms with van der Waals surface area (Å²) < 4.78 is 24.0. The first-order valence-corrected chi connectivity index (χ1v) is 5.07. The summed E-state index contributed by atoms with van der Waals surface area (Å²) in [4.78, 5) is 0. The van der Waals surface area contributed by atoms with E-state index in [1.165, 1.54) is 0 Å². The second-order valence-corrected chi connectivity index (χ2v) is 4.02. The van der Waals surface area contributed by atoms with E-state index in [-0.39, 0.29) is 0 Å². The SMILES string of the molecule is O=S(=O)(Cl)[N]c1ccccc1. The number of rotatable bonds is 2. The molecule has 1 radical (unpaired) electrons. The van der Waals surface area contributed by atoms with Gasteiger partial charge in [0.05, 0.1) is 5.69 Å². The molecule has 0 aromatic heterocycles. The smallest absolute Gasteiger partial charge is 0.187 e. The van der Waals surface area contributed by atoms with E-state index < -0.39 is 9.24 Å². The lowest BCUT2D eigenvalue weighted by molar-refractivity contribution is 0.604. The fourth-order valence-corrected chi connectivity index (χ4v) is 1.23. The fourth-order valence-electron chi connectivity index (χ4n) is 0.615. The van der Waals surface area contributed by atoms with Gasteiger partial charge in [0.15, 0.2) is 0 Å².